The molecule has 1 aliphatic heterocycles. The van der Waals surface area contributed by atoms with Crippen LogP contribution in [0.2, 0.25) is 0 Å². The Morgan fingerprint density at radius 2 is 1.94 bits per heavy atom. The lowest BCUT2D eigenvalue weighted by Gasteiger charge is -2.08. The van der Waals surface area contributed by atoms with Gasteiger partial charge in [0.1, 0.15) is 0 Å². The lowest BCUT2D eigenvalue weighted by Crippen LogP contribution is -2.39. The van der Waals surface area contributed by atoms with Crippen molar-refractivity contribution in [3.05, 3.63) is 52.9 Å². The molecule has 2 heterocycles. The first-order valence-electron chi connectivity index (χ1n) is 6.56. The predicted octanol–water partition coefficient (Wildman–Crippen LogP) is 3.05. The molecule has 1 aromatic heterocycles. The van der Waals surface area contributed by atoms with E-state index >= 15 is 0 Å². The van der Waals surface area contributed by atoms with Crippen LogP contribution in [0, 0.1) is 0 Å². The maximum atomic E-state index is 2.53. The number of allylic oxidation sites excluding steroid dienone is 5. The second-order valence-electron chi connectivity index (χ2n) is 5.07. The first-order valence-corrected chi connectivity index (χ1v) is 6.56. The molecule has 1 nitrogen and oxygen atoms in total. The third-order valence-electron chi connectivity index (χ3n) is 4.07. The monoisotopic (exact) mass is 222 g/mol. The second-order valence-corrected chi connectivity index (χ2v) is 5.07. The van der Waals surface area contributed by atoms with Gasteiger partial charge in [-0.1, -0.05) is 24.3 Å². The Bertz CT molecular complexity index is 588. The summed E-state index contributed by atoms with van der Waals surface area (Å²) in [6.07, 6.45) is 14.2. The molecule has 0 radical (unpaired) electrons. The van der Waals surface area contributed by atoms with Crippen molar-refractivity contribution in [2.45, 2.75) is 32.2 Å². The first-order chi connectivity index (χ1) is 8.43. The molecule has 0 N–H and O–H groups in total. The van der Waals surface area contributed by atoms with Crippen molar-refractivity contribution in [2.75, 3.05) is 0 Å². The maximum absolute atomic E-state index is 2.53. The van der Waals surface area contributed by atoms with Crippen molar-refractivity contribution in [1.29, 1.82) is 0 Å². The predicted molar refractivity (Wildman–Crippen MR) is 69.3 cm³/mol. The number of fused-ring (bicyclic) bond motifs is 5. The molecule has 0 amide bonds. The highest BCUT2D eigenvalue weighted by molar-refractivity contribution is 5.78. The Kier molecular flexibility index (Phi) is 1.90. The minimum atomic E-state index is 1.10. The van der Waals surface area contributed by atoms with Crippen LogP contribution in [0.4, 0.5) is 0 Å². The Morgan fingerprint density at radius 1 is 1.00 bits per heavy atom. The van der Waals surface area contributed by atoms with Crippen LogP contribution < -0.4 is 4.57 Å². The molecule has 1 aromatic rings. The fourth-order valence-electron chi connectivity index (χ4n) is 3.25. The van der Waals surface area contributed by atoms with E-state index in [9.17, 15) is 0 Å². The molecule has 0 spiro atoms. The fraction of sp³-hybridized carbons (Fsp3) is 0.312. The third-order valence-corrected chi connectivity index (χ3v) is 4.07. The summed E-state index contributed by atoms with van der Waals surface area (Å²) in [6, 6.07) is 4.59. The van der Waals surface area contributed by atoms with E-state index < -0.39 is 0 Å². The van der Waals surface area contributed by atoms with Crippen molar-refractivity contribution >= 4 is 11.6 Å². The van der Waals surface area contributed by atoms with Crippen molar-refractivity contribution in [1.82, 2.24) is 0 Å². The van der Waals surface area contributed by atoms with E-state index in [1.54, 1.807) is 5.57 Å². The number of rotatable bonds is 0. The van der Waals surface area contributed by atoms with Gasteiger partial charge in [-0.05, 0) is 25.3 Å². The Hall–Kier alpha value is -1.63. The van der Waals surface area contributed by atoms with E-state index in [0.717, 1.165) is 6.54 Å². The van der Waals surface area contributed by atoms with Crippen LogP contribution >= 0.6 is 0 Å². The number of aromatic nitrogens is 1. The molecule has 3 aliphatic rings. The Labute approximate surface area is 102 Å². The van der Waals surface area contributed by atoms with Gasteiger partial charge in [0.2, 0.25) is 5.69 Å². The van der Waals surface area contributed by atoms with E-state index in [0.29, 0.717) is 0 Å². The number of nitrogens with zero attached hydrogens (tertiary/aromatic N) is 1. The van der Waals surface area contributed by atoms with Gasteiger partial charge in [-0.25, -0.2) is 0 Å². The van der Waals surface area contributed by atoms with Gasteiger partial charge < -0.3 is 0 Å². The third kappa shape index (κ3) is 1.28. The first kappa shape index (κ1) is 9.41. The van der Waals surface area contributed by atoms with Gasteiger partial charge in [-0.15, -0.1) is 0 Å². The molecule has 0 atom stereocenters. The zero-order chi connectivity index (χ0) is 11.2. The van der Waals surface area contributed by atoms with Gasteiger partial charge >= 0.3 is 0 Å². The zero-order valence-corrected chi connectivity index (χ0v) is 9.95. The molecule has 1 heteroatoms. The SMILES string of the molecule is C1=Cc2ccc3[n+](c2CC1)CC1=CCCC=C13. The molecule has 0 bridgehead atoms. The molecule has 17 heavy (non-hydrogen) atoms. The normalized spacial score (nSPS) is 20.2. The molecule has 84 valence electrons. The average Bonchev–Trinajstić information content (AvgIpc) is 2.78. The smallest absolute Gasteiger partial charge is 0.191 e. The topological polar surface area (TPSA) is 3.88 Å². The quantitative estimate of drug-likeness (QED) is 0.594. The Balaban J connectivity index is 1.96. The lowest BCUT2D eigenvalue weighted by atomic mass is 9.97. The van der Waals surface area contributed by atoms with Crippen LogP contribution in [0.1, 0.15) is 36.2 Å². The molecule has 0 saturated carbocycles. The molecule has 0 fully saturated rings. The van der Waals surface area contributed by atoms with Gasteiger partial charge in [-0.3, -0.25) is 0 Å². The van der Waals surface area contributed by atoms with Crippen molar-refractivity contribution in [2.24, 2.45) is 0 Å². The summed E-state index contributed by atoms with van der Waals surface area (Å²) in [5, 5.41) is 0. The summed E-state index contributed by atoms with van der Waals surface area (Å²) >= 11 is 0. The highest BCUT2D eigenvalue weighted by Crippen LogP contribution is 2.33. The summed E-state index contributed by atoms with van der Waals surface area (Å²) < 4.78 is 2.53. The molecule has 0 unspecified atom stereocenters. The highest BCUT2D eigenvalue weighted by Gasteiger charge is 2.33. The fourth-order valence-corrected chi connectivity index (χ4v) is 3.25. The molecular weight excluding hydrogens is 206 g/mol. The minimum absolute atomic E-state index is 1.10. The largest absolute Gasteiger partial charge is 0.213 e. The van der Waals surface area contributed by atoms with Crippen molar-refractivity contribution in [3.8, 4) is 0 Å². The van der Waals surface area contributed by atoms with Gasteiger partial charge in [0.25, 0.3) is 0 Å². The van der Waals surface area contributed by atoms with E-state index in [-0.39, 0.29) is 0 Å². The van der Waals surface area contributed by atoms with Crippen LogP contribution in [0.15, 0.2) is 35.9 Å². The summed E-state index contributed by atoms with van der Waals surface area (Å²) in [5.41, 5.74) is 7.42. The summed E-state index contributed by atoms with van der Waals surface area (Å²) in [7, 11) is 0. The summed E-state index contributed by atoms with van der Waals surface area (Å²) in [5.74, 6) is 0. The van der Waals surface area contributed by atoms with Crippen LogP contribution in [0.5, 0.6) is 0 Å². The number of hydrogen-bond acceptors (Lipinski definition) is 0. The lowest BCUT2D eigenvalue weighted by molar-refractivity contribution is -0.691. The van der Waals surface area contributed by atoms with Gasteiger partial charge in [0.15, 0.2) is 12.2 Å². The van der Waals surface area contributed by atoms with Gasteiger partial charge in [0.05, 0.1) is 5.57 Å². The second kappa shape index (κ2) is 3.43. The van der Waals surface area contributed by atoms with E-state index in [1.807, 2.05) is 0 Å². The van der Waals surface area contributed by atoms with Crippen LogP contribution in [0.3, 0.4) is 0 Å². The van der Waals surface area contributed by atoms with Crippen LogP contribution in [0.25, 0.3) is 11.6 Å². The standard InChI is InChI=1S/C16H16N/c1-3-7-14-13(6-1)11-17-15-8-4-2-5-12(15)9-10-16(14)17/h2,5-7,9-10H,1,3-4,8,11H2/q+1. The molecule has 0 saturated heterocycles. The van der Waals surface area contributed by atoms with Crippen molar-refractivity contribution in [3.63, 3.8) is 0 Å². The van der Waals surface area contributed by atoms with E-state index in [1.165, 1.54) is 48.2 Å². The summed E-state index contributed by atoms with van der Waals surface area (Å²) in [4.78, 5) is 0. The van der Waals surface area contributed by atoms with E-state index in [2.05, 4.69) is 41.0 Å². The minimum Gasteiger partial charge on any atom is -0.191 e. The molecule has 4 rings (SSSR count). The molecular formula is C16H16N+. The number of hydrogen-bond donors (Lipinski definition) is 0. The highest BCUT2D eigenvalue weighted by atomic mass is 15.0. The van der Waals surface area contributed by atoms with Gasteiger partial charge in [-0.2, -0.15) is 4.57 Å². The molecule has 0 aromatic carbocycles. The zero-order valence-electron chi connectivity index (χ0n) is 9.95. The van der Waals surface area contributed by atoms with Crippen LogP contribution in [-0.4, -0.2) is 0 Å². The van der Waals surface area contributed by atoms with E-state index in [4.69, 9.17) is 0 Å². The Morgan fingerprint density at radius 3 is 2.94 bits per heavy atom. The number of pyridine rings is 1. The average molecular weight is 222 g/mol. The van der Waals surface area contributed by atoms with Crippen molar-refractivity contribution < 1.29 is 4.57 Å². The summed E-state index contributed by atoms with van der Waals surface area (Å²) in [6.45, 7) is 1.10. The maximum Gasteiger partial charge on any atom is 0.213 e. The van der Waals surface area contributed by atoms with Crippen LogP contribution in [-0.2, 0) is 13.0 Å². The molecule has 2 aliphatic carbocycles. The van der Waals surface area contributed by atoms with Gasteiger partial charge in [0, 0.05) is 23.6 Å².